The van der Waals surface area contributed by atoms with E-state index in [2.05, 4.69) is 5.32 Å². The highest BCUT2D eigenvalue weighted by molar-refractivity contribution is 5.95. The zero-order valence-corrected chi connectivity index (χ0v) is 10.8. The number of carboxylic acid groups (broad SMARTS) is 1. The number of aliphatic carboxylic acids is 1. The lowest BCUT2D eigenvalue weighted by Crippen LogP contribution is -2.38. The summed E-state index contributed by atoms with van der Waals surface area (Å²) in [6.45, 7) is 0. The molecule has 0 aromatic heterocycles. The Bertz CT molecular complexity index is 482. The van der Waals surface area contributed by atoms with Crippen molar-refractivity contribution in [1.29, 1.82) is 0 Å². The molecule has 102 valence electrons. The first-order valence-electron chi connectivity index (χ1n) is 6.27. The number of hydrogen-bond donors (Lipinski definition) is 2. The van der Waals surface area contributed by atoms with Crippen molar-refractivity contribution in [3.05, 3.63) is 29.8 Å². The highest BCUT2D eigenvalue weighted by Crippen LogP contribution is 2.34. The summed E-state index contributed by atoms with van der Waals surface area (Å²) >= 11 is 0. The molecule has 1 unspecified atom stereocenters. The molecule has 1 aromatic rings. The molecule has 5 nitrogen and oxygen atoms in total. The molecular formula is C14H17NO4. The first-order chi connectivity index (χ1) is 9.10. The van der Waals surface area contributed by atoms with Gasteiger partial charge in [-0.15, -0.1) is 0 Å². The van der Waals surface area contributed by atoms with Crippen molar-refractivity contribution in [3.63, 3.8) is 0 Å². The van der Waals surface area contributed by atoms with E-state index in [4.69, 9.17) is 9.84 Å². The summed E-state index contributed by atoms with van der Waals surface area (Å²) < 4.78 is 5.06. The minimum Gasteiger partial charge on any atom is -0.497 e. The second kappa shape index (κ2) is 5.73. The predicted octanol–water partition coefficient (Wildman–Crippen LogP) is 1.68. The summed E-state index contributed by atoms with van der Waals surface area (Å²) in [7, 11) is 1.54. The van der Waals surface area contributed by atoms with Crippen LogP contribution in [-0.2, 0) is 4.79 Å². The number of methoxy groups -OCH3 is 1. The summed E-state index contributed by atoms with van der Waals surface area (Å²) in [4.78, 5) is 22.9. The van der Waals surface area contributed by atoms with Gasteiger partial charge < -0.3 is 15.2 Å². The number of carboxylic acids is 1. The number of carbonyl (C=O) groups is 2. The molecule has 1 saturated carbocycles. The maximum absolute atomic E-state index is 12.1. The van der Waals surface area contributed by atoms with Crippen molar-refractivity contribution in [1.82, 2.24) is 5.32 Å². The van der Waals surface area contributed by atoms with Gasteiger partial charge in [-0.2, -0.15) is 0 Å². The van der Waals surface area contributed by atoms with Gasteiger partial charge in [-0.3, -0.25) is 9.59 Å². The Morgan fingerprint density at radius 1 is 1.47 bits per heavy atom. The minimum absolute atomic E-state index is 0.0274. The molecule has 0 aliphatic heterocycles. The molecule has 1 atom stereocenters. The van der Waals surface area contributed by atoms with Gasteiger partial charge in [0.2, 0.25) is 0 Å². The lowest BCUT2D eigenvalue weighted by Gasteiger charge is -2.16. The van der Waals surface area contributed by atoms with E-state index in [1.54, 1.807) is 24.3 Å². The van der Waals surface area contributed by atoms with Crippen LogP contribution < -0.4 is 10.1 Å². The van der Waals surface area contributed by atoms with Crippen LogP contribution in [0.3, 0.4) is 0 Å². The minimum atomic E-state index is -0.886. The van der Waals surface area contributed by atoms with Crippen LogP contribution in [0.2, 0.25) is 0 Å². The number of nitrogens with one attached hydrogen (secondary N) is 1. The average molecular weight is 263 g/mol. The quantitative estimate of drug-likeness (QED) is 0.818. The Balaban J connectivity index is 2.03. The third-order valence-electron chi connectivity index (χ3n) is 3.23. The average Bonchev–Trinajstić information content (AvgIpc) is 3.21. The van der Waals surface area contributed by atoms with Crippen LogP contribution in [0.4, 0.5) is 0 Å². The summed E-state index contributed by atoms with van der Waals surface area (Å²) in [6.07, 6.45) is 1.94. The van der Waals surface area contributed by atoms with Gasteiger partial charge in [0.05, 0.1) is 13.5 Å². The van der Waals surface area contributed by atoms with Crippen LogP contribution in [0.5, 0.6) is 5.75 Å². The Hall–Kier alpha value is -2.04. The standard InChI is InChI=1S/C14H17NO4/c1-19-11-4-2-3-10(7-11)14(18)15-12(8-13(16)17)9-5-6-9/h2-4,7,9,12H,5-6,8H2,1H3,(H,15,18)(H,16,17). The number of ether oxygens (including phenoxy) is 1. The first-order valence-corrected chi connectivity index (χ1v) is 6.27. The van der Waals surface area contributed by atoms with Gasteiger partial charge in [-0.25, -0.2) is 0 Å². The molecule has 0 spiro atoms. The van der Waals surface area contributed by atoms with E-state index >= 15 is 0 Å². The van der Waals surface area contributed by atoms with Crippen LogP contribution in [0, 0.1) is 5.92 Å². The molecule has 1 aromatic carbocycles. The van der Waals surface area contributed by atoms with Gasteiger partial charge in [0.15, 0.2) is 0 Å². The molecule has 1 aliphatic rings. The van der Waals surface area contributed by atoms with Crippen molar-refractivity contribution in [3.8, 4) is 5.75 Å². The van der Waals surface area contributed by atoms with E-state index in [1.807, 2.05) is 0 Å². The fourth-order valence-electron chi connectivity index (χ4n) is 2.04. The molecule has 19 heavy (non-hydrogen) atoms. The van der Waals surface area contributed by atoms with Crippen LogP contribution in [0.25, 0.3) is 0 Å². The maximum atomic E-state index is 12.1. The highest BCUT2D eigenvalue weighted by Gasteiger charge is 2.33. The maximum Gasteiger partial charge on any atom is 0.305 e. The van der Waals surface area contributed by atoms with Gasteiger partial charge >= 0.3 is 5.97 Å². The zero-order valence-electron chi connectivity index (χ0n) is 10.8. The molecule has 0 heterocycles. The number of hydrogen-bond acceptors (Lipinski definition) is 3. The molecule has 2 rings (SSSR count). The summed E-state index contributed by atoms with van der Waals surface area (Å²) in [5.41, 5.74) is 0.482. The number of benzene rings is 1. The fraction of sp³-hybridized carbons (Fsp3) is 0.429. The Kier molecular flexibility index (Phi) is 4.04. The summed E-state index contributed by atoms with van der Waals surface area (Å²) in [5.74, 6) is -0.237. The molecule has 1 amide bonds. The Labute approximate surface area is 111 Å². The smallest absolute Gasteiger partial charge is 0.305 e. The first kappa shape index (κ1) is 13.4. The molecule has 2 N–H and O–H groups in total. The SMILES string of the molecule is COc1cccc(C(=O)NC(CC(=O)O)C2CC2)c1. The van der Waals surface area contributed by atoms with Crippen LogP contribution in [-0.4, -0.2) is 30.1 Å². The Morgan fingerprint density at radius 2 is 2.21 bits per heavy atom. The van der Waals surface area contributed by atoms with Gasteiger partial charge in [0.1, 0.15) is 5.75 Å². The van der Waals surface area contributed by atoms with Gasteiger partial charge in [-0.1, -0.05) is 6.07 Å². The molecule has 5 heteroatoms. The molecule has 0 bridgehead atoms. The third kappa shape index (κ3) is 3.71. The number of amides is 1. The fourth-order valence-corrected chi connectivity index (χ4v) is 2.04. The molecule has 0 radical (unpaired) electrons. The van der Waals surface area contributed by atoms with Crippen LogP contribution in [0.1, 0.15) is 29.6 Å². The van der Waals surface area contributed by atoms with E-state index in [0.717, 1.165) is 12.8 Å². The predicted molar refractivity (Wildman–Crippen MR) is 69.2 cm³/mol. The van der Waals surface area contributed by atoms with E-state index in [1.165, 1.54) is 7.11 Å². The van der Waals surface area contributed by atoms with Crippen LogP contribution >= 0.6 is 0 Å². The second-order valence-electron chi connectivity index (χ2n) is 4.75. The monoisotopic (exact) mass is 263 g/mol. The molecule has 1 aliphatic carbocycles. The van der Waals surface area contributed by atoms with Crippen molar-refractivity contribution in [2.75, 3.05) is 7.11 Å². The third-order valence-corrected chi connectivity index (χ3v) is 3.23. The summed E-state index contributed by atoms with van der Waals surface area (Å²) in [5, 5.41) is 11.7. The second-order valence-corrected chi connectivity index (χ2v) is 4.75. The van der Waals surface area contributed by atoms with E-state index < -0.39 is 5.97 Å². The van der Waals surface area contributed by atoms with E-state index in [-0.39, 0.29) is 18.4 Å². The molecule has 1 fully saturated rings. The normalized spacial score (nSPS) is 15.6. The highest BCUT2D eigenvalue weighted by atomic mass is 16.5. The zero-order chi connectivity index (χ0) is 13.8. The van der Waals surface area contributed by atoms with Gasteiger partial charge in [0.25, 0.3) is 5.91 Å². The number of rotatable bonds is 6. The molecule has 0 saturated heterocycles. The van der Waals surface area contributed by atoms with Crippen molar-refractivity contribution >= 4 is 11.9 Å². The van der Waals surface area contributed by atoms with E-state index in [0.29, 0.717) is 17.2 Å². The van der Waals surface area contributed by atoms with Crippen molar-refractivity contribution < 1.29 is 19.4 Å². The van der Waals surface area contributed by atoms with Crippen LogP contribution in [0.15, 0.2) is 24.3 Å². The van der Waals surface area contributed by atoms with Crippen molar-refractivity contribution in [2.24, 2.45) is 5.92 Å². The largest absolute Gasteiger partial charge is 0.497 e. The molecular weight excluding hydrogens is 246 g/mol. The lowest BCUT2D eigenvalue weighted by molar-refractivity contribution is -0.137. The topological polar surface area (TPSA) is 75.6 Å². The number of carbonyl (C=O) groups excluding carboxylic acids is 1. The Morgan fingerprint density at radius 3 is 2.79 bits per heavy atom. The van der Waals surface area contributed by atoms with Gasteiger partial charge in [-0.05, 0) is 37.0 Å². The van der Waals surface area contributed by atoms with E-state index in [9.17, 15) is 9.59 Å². The van der Waals surface area contributed by atoms with Gasteiger partial charge in [0, 0.05) is 11.6 Å². The summed E-state index contributed by atoms with van der Waals surface area (Å²) in [6, 6.07) is 6.53. The van der Waals surface area contributed by atoms with Crippen molar-refractivity contribution in [2.45, 2.75) is 25.3 Å². The lowest BCUT2D eigenvalue weighted by atomic mass is 10.1.